The molecule has 0 fully saturated rings. The lowest BCUT2D eigenvalue weighted by atomic mass is 9.91. The van der Waals surface area contributed by atoms with Gasteiger partial charge in [-0.25, -0.2) is 4.79 Å². The molecule has 0 heterocycles. The van der Waals surface area contributed by atoms with Crippen molar-refractivity contribution in [1.82, 2.24) is 4.90 Å². The summed E-state index contributed by atoms with van der Waals surface area (Å²) >= 11 is 12.3. The third kappa shape index (κ3) is 11.1. The Bertz CT molecular complexity index is 1460. The van der Waals surface area contributed by atoms with Gasteiger partial charge in [-0.1, -0.05) is 59.6 Å². The minimum absolute atomic E-state index is 0.0640. The molecule has 236 valence electrons. The Morgan fingerprint density at radius 3 is 1.71 bits per heavy atom. The summed E-state index contributed by atoms with van der Waals surface area (Å²) in [5, 5.41) is 10.5. The molecule has 0 aromatic heterocycles. The van der Waals surface area contributed by atoms with Crippen molar-refractivity contribution in [3.63, 3.8) is 0 Å². The second-order valence-electron chi connectivity index (χ2n) is 10.8. The van der Waals surface area contributed by atoms with Crippen molar-refractivity contribution in [2.75, 3.05) is 33.4 Å². The second-order valence-corrected chi connectivity index (χ2v) is 11.7. The van der Waals surface area contributed by atoms with Crippen LogP contribution in [0.1, 0.15) is 46.3 Å². The van der Waals surface area contributed by atoms with Crippen LogP contribution < -0.4 is 9.47 Å². The molecule has 4 aromatic rings. The first-order valence-corrected chi connectivity index (χ1v) is 15.5. The monoisotopic (exact) mass is 649 g/mol. The number of rotatable bonds is 16. The quantitative estimate of drug-likeness (QED) is 0.124. The predicted octanol–water partition coefficient (Wildman–Crippen LogP) is 7.78. The molecule has 4 aromatic carbocycles. The van der Waals surface area contributed by atoms with E-state index in [1.165, 1.54) is 35.7 Å². The molecule has 4 rings (SSSR count). The molecule has 0 saturated carbocycles. The molecule has 0 spiro atoms. The van der Waals surface area contributed by atoms with Crippen molar-refractivity contribution in [1.29, 1.82) is 0 Å². The van der Waals surface area contributed by atoms with E-state index in [-0.39, 0.29) is 24.7 Å². The molecule has 7 nitrogen and oxygen atoms in total. The summed E-state index contributed by atoms with van der Waals surface area (Å²) in [5.74, 6) is -0.133. The standard InChI is InChI=1S/C36H37Cl2NO6/c1-25(40)45-34(24-44-33-19-11-29(12-20-33)36(41)42)23-43-32-17-5-26(6-18-32)4-3-21-39(2)22-35(27-7-13-30(37)14-8-27)28-9-15-31(38)16-10-28/h5-20,34-35H,3-4,21-24H2,1-2H3,(H,41,42). The van der Waals surface area contributed by atoms with Crippen LogP contribution in [0.25, 0.3) is 0 Å². The summed E-state index contributed by atoms with van der Waals surface area (Å²) in [5.41, 5.74) is 3.78. The van der Waals surface area contributed by atoms with Gasteiger partial charge in [0.05, 0.1) is 5.56 Å². The highest BCUT2D eigenvalue weighted by molar-refractivity contribution is 6.30. The smallest absolute Gasteiger partial charge is 0.335 e. The van der Waals surface area contributed by atoms with Gasteiger partial charge in [-0.05, 0) is 104 Å². The predicted molar refractivity (Wildman–Crippen MR) is 177 cm³/mol. The summed E-state index contributed by atoms with van der Waals surface area (Å²) in [6.45, 7) is 3.29. The van der Waals surface area contributed by atoms with Crippen molar-refractivity contribution >= 4 is 35.1 Å². The van der Waals surface area contributed by atoms with E-state index in [1.54, 1.807) is 12.1 Å². The van der Waals surface area contributed by atoms with Gasteiger partial charge < -0.3 is 24.2 Å². The minimum atomic E-state index is -1.01. The number of ether oxygens (including phenoxy) is 3. The molecule has 1 unspecified atom stereocenters. The van der Waals surface area contributed by atoms with Crippen LogP contribution in [0.5, 0.6) is 11.5 Å². The van der Waals surface area contributed by atoms with Crippen molar-refractivity contribution in [3.8, 4) is 11.5 Å². The Kier molecular flexibility index (Phi) is 12.7. The fraction of sp³-hybridized carbons (Fsp3) is 0.278. The van der Waals surface area contributed by atoms with Crippen molar-refractivity contribution in [3.05, 3.63) is 129 Å². The fourth-order valence-electron chi connectivity index (χ4n) is 4.92. The SMILES string of the molecule is CC(=O)OC(COc1ccc(CCCN(C)CC(c2ccc(Cl)cc2)c2ccc(Cl)cc2)cc1)COc1ccc(C(=O)O)cc1. The summed E-state index contributed by atoms with van der Waals surface area (Å²) in [6, 6.07) is 30.0. The van der Waals surface area contributed by atoms with Gasteiger partial charge in [0.15, 0.2) is 6.10 Å². The molecule has 1 N–H and O–H groups in total. The van der Waals surface area contributed by atoms with Crippen LogP contribution in [-0.4, -0.2) is 61.4 Å². The maximum atomic E-state index is 11.6. The molecule has 45 heavy (non-hydrogen) atoms. The first-order chi connectivity index (χ1) is 21.7. The molecular weight excluding hydrogens is 613 g/mol. The number of carbonyl (C=O) groups is 2. The number of nitrogens with zero attached hydrogens (tertiary/aromatic N) is 1. The number of carboxylic acid groups (broad SMARTS) is 1. The molecule has 0 radical (unpaired) electrons. The Morgan fingerprint density at radius 1 is 0.756 bits per heavy atom. The highest BCUT2D eigenvalue weighted by Crippen LogP contribution is 2.28. The van der Waals surface area contributed by atoms with E-state index >= 15 is 0 Å². The van der Waals surface area contributed by atoms with Crippen molar-refractivity contribution in [2.24, 2.45) is 0 Å². The number of hydrogen-bond donors (Lipinski definition) is 1. The summed E-state index contributed by atoms with van der Waals surface area (Å²) < 4.78 is 16.9. The third-order valence-corrected chi connectivity index (χ3v) is 7.78. The lowest BCUT2D eigenvalue weighted by Gasteiger charge is -2.25. The van der Waals surface area contributed by atoms with Crippen LogP contribution in [0.15, 0.2) is 97.1 Å². The molecule has 1 atom stereocenters. The molecule has 0 aliphatic carbocycles. The molecule has 0 aliphatic rings. The van der Waals surface area contributed by atoms with E-state index in [9.17, 15) is 9.59 Å². The van der Waals surface area contributed by atoms with Gasteiger partial charge in [-0.2, -0.15) is 0 Å². The Morgan fingerprint density at radius 2 is 1.24 bits per heavy atom. The number of aromatic carboxylic acids is 1. The van der Waals surface area contributed by atoms with Crippen LogP contribution in [-0.2, 0) is 16.0 Å². The topological polar surface area (TPSA) is 85.3 Å². The van der Waals surface area contributed by atoms with E-state index in [2.05, 4.69) is 36.2 Å². The van der Waals surface area contributed by atoms with Crippen LogP contribution >= 0.6 is 23.2 Å². The lowest BCUT2D eigenvalue weighted by molar-refractivity contribution is -0.149. The van der Waals surface area contributed by atoms with Gasteiger partial charge in [0.1, 0.15) is 24.7 Å². The Labute approximate surface area is 274 Å². The molecule has 0 saturated heterocycles. The Hall–Kier alpha value is -4.04. The van der Waals surface area contributed by atoms with Crippen molar-refractivity contribution in [2.45, 2.75) is 31.8 Å². The van der Waals surface area contributed by atoms with E-state index < -0.39 is 18.0 Å². The largest absolute Gasteiger partial charge is 0.490 e. The van der Waals surface area contributed by atoms with Crippen LogP contribution in [0.4, 0.5) is 0 Å². The number of esters is 1. The highest BCUT2D eigenvalue weighted by atomic mass is 35.5. The first kappa shape index (κ1) is 33.8. The van der Waals surface area contributed by atoms with Crippen LogP contribution in [0.3, 0.4) is 0 Å². The maximum Gasteiger partial charge on any atom is 0.335 e. The van der Waals surface area contributed by atoms with Crippen LogP contribution in [0.2, 0.25) is 10.0 Å². The Balaban J connectivity index is 1.25. The molecule has 0 aliphatic heterocycles. The van der Waals surface area contributed by atoms with Crippen molar-refractivity contribution < 1.29 is 28.9 Å². The second kappa shape index (κ2) is 16.9. The maximum absolute atomic E-state index is 11.6. The van der Waals surface area contributed by atoms with Gasteiger partial charge in [0.2, 0.25) is 0 Å². The zero-order valence-corrected chi connectivity index (χ0v) is 26.8. The number of halogens is 2. The van der Waals surface area contributed by atoms with E-state index in [0.29, 0.717) is 11.5 Å². The average molecular weight is 651 g/mol. The third-order valence-electron chi connectivity index (χ3n) is 7.27. The highest BCUT2D eigenvalue weighted by Gasteiger charge is 2.18. The first-order valence-electron chi connectivity index (χ1n) is 14.7. The number of carboxylic acids is 1. The van der Waals surface area contributed by atoms with E-state index in [4.69, 9.17) is 42.5 Å². The number of benzene rings is 4. The summed E-state index contributed by atoms with van der Waals surface area (Å²) in [4.78, 5) is 25.0. The number of carbonyl (C=O) groups excluding carboxylic acids is 1. The number of hydrogen-bond acceptors (Lipinski definition) is 6. The molecule has 0 amide bonds. The fourth-order valence-corrected chi connectivity index (χ4v) is 5.18. The summed E-state index contributed by atoms with van der Waals surface area (Å²) in [6.07, 6.45) is 1.27. The lowest BCUT2D eigenvalue weighted by Crippen LogP contribution is -2.30. The number of aryl methyl sites for hydroxylation is 1. The molecular formula is C36H37Cl2NO6. The van der Waals surface area contributed by atoms with Gasteiger partial charge in [-0.15, -0.1) is 0 Å². The van der Waals surface area contributed by atoms with E-state index in [1.807, 2.05) is 48.5 Å². The number of likely N-dealkylation sites (N-methyl/N-ethyl adjacent to an activating group) is 1. The zero-order chi connectivity index (χ0) is 32.2. The molecule has 0 bridgehead atoms. The molecule has 9 heteroatoms. The summed E-state index contributed by atoms with van der Waals surface area (Å²) in [7, 11) is 2.14. The van der Waals surface area contributed by atoms with Gasteiger partial charge >= 0.3 is 11.9 Å². The minimum Gasteiger partial charge on any atom is -0.490 e. The normalized spacial score (nSPS) is 11.8. The van der Waals surface area contributed by atoms with Gasteiger partial charge in [-0.3, -0.25) is 4.79 Å². The average Bonchev–Trinajstić information content (AvgIpc) is 3.03. The van der Waals surface area contributed by atoms with Crippen LogP contribution in [0, 0.1) is 0 Å². The zero-order valence-electron chi connectivity index (χ0n) is 25.3. The van der Waals surface area contributed by atoms with E-state index in [0.717, 1.165) is 36.0 Å². The van der Waals surface area contributed by atoms with Gasteiger partial charge in [0.25, 0.3) is 0 Å². The van der Waals surface area contributed by atoms with Gasteiger partial charge in [0, 0.05) is 29.4 Å².